The molecule has 1 aromatic heterocycles. The first kappa shape index (κ1) is 14.5. The quantitative estimate of drug-likeness (QED) is 0.784. The zero-order chi connectivity index (χ0) is 15.6. The maximum atomic E-state index is 4.81. The molecule has 23 heavy (non-hydrogen) atoms. The monoisotopic (exact) mass is 305 g/mol. The fourth-order valence-electron chi connectivity index (χ4n) is 3.66. The van der Waals surface area contributed by atoms with Crippen LogP contribution >= 0.6 is 0 Å². The number of para-hydroxylation sites is 2. The summed E-state index contributed by atoms with van der Waals surface area (Å²) in [6.07, 6.45) is 2.47. The number of benzene rings is 2. The number of likely N-dealkylation sites (tertiary alicyclic amines) is 1. The van der Waals surface area contributed by atoms with Crippen LogP contribution in [0.2, 0.25) is 0 Å². The molecule has 3 heteroatoms. The van der Waals surface area contributed by atoms with Gasteiger partial charge in [-0.25, -0.2) is 4.98 Å². The first-order chi connectivity index (χ1) is 11.3. The van der Waals surface area contributed by atoms with Gasteiger partial charge in [0, 0.05) is 19.0 Å². The predicted octanol–water partition coefficient (Wildman–Crippen LogP) is 4.25. The summed E-state index contributed by atoms with van der Waals surface area (Å²) in [5, 5.41) is 0. The van der Waals surface area contributed by atoms with E-state index in [2.05, 4.69) is 65.3 Å². The van der Waals surface area contributed by atoms with Gasteiger partial charge in [0.05, 0.1) is 11.0 Å². The summed E-state index contributed by atoms with van der Waals surface area (Å²) in [4.78, 5) is 10.9. The van der Waals surface area contributed by atoms with E-state index in [4.69, 9.17) is 4.98 Å². The van der Waals surface area contributed by atoms with E-state index in [1.807, 2.05) is 0 Å². The van der Waals surface area contributed by atoms with Crippen molar-refractivity contribution in [2.24, 2.45) is 0 Å². The van der Waals surface area contributed by atoms with Crippen LogP contribution < -0.4 is 0 Å². The Hall–Kier alpha value is -2.13. The lowest BCUT2D eigenvalue weighted by atomic mass is 9.97. The van der Waals surface area contributed by atoms with Gasteiger partial charge in [-0.05, 0) is 44.0 Å². The van der Waals surface area contributed by atoms with Crippen LogP contribution in [0.5, 0.6) is 0 Å². The van der Waals surface area contributed by atoms with E-state index in [9.17, 15) is 0 Å². The van der Waals surface area contributed by atoms with Crippen LogP contribution in [0.3, 0.4) is 0 Å². The van der Waals surface area contributed by atoms with Crippen molar-refractivity contribution in [1.82, 2.24) is 14.9 Å². The van der Waals surface area contributed by atoms with Crippen molar-refractivity contribution in [3.8, 4) is 0 Å². The Morgan fingerprint density at radius 1 is 1.17 bits per heavy atom. The summed E-state index contributed by atoms with van der Waals surface area (Å²) >= 11 is 0. The molecule has 4 rings (SSSR count). The van der Waals surface area contributed by atoms with Crippen molar-refractivity contribution >= 4 is 11.0 Å². The molecule has 2 heterocycles. The van der Waals surface area contributed by atoms with Gasteiger partial charge in [0.25, 0.3) is 0 Å². The molecule has 118 valence electrons. The number of aromatic nitrogens is 2. The molecule has 3 nitrogen and oxygen atoms in total. The first-order valence-electron chi connectivity index (χ1n) is 8.50. The summed E-state index contributed by atoms with van der Waals surface area (Å²) < 4.78 is 0. The minimum atomic E-state index is 0.515. The van der Waals surface area contributed by atoms with Crippen LogP contribution in [0, 0.1) is 6.92 Å². The average molecular weight is 305 g/mol. The third-order valence-electron chi connectivity index (χ3n) is 4.79. The van der Waals surface area contributed by atoms with Crippen molar-refractivity contribution in [3.05, 3.63) is 65.5 Å². The molecule has 1 N–H and O–H groups in total. The van der Waals surface area contributed by atoms with E-state index < -0.39 is 0 Å². The van der Waals surface area contributed by atoms with Gasteiger partial charge >= 0.3 is 0 Å². The number of hydrogen-bond acceptors (Lipinski definition) is 2. The molecule has 0 radical (unpaired) electrons. The highest BCUT2D eigenvalue weighted by atomic mass is 15.1. The van der Waals surface area contributed by atoms with E-state index in [-0.39, 0.29) is 0 Å². The molecule has 0 amide bonds. The minimum absolute atomic E-state index is 0.515. The Labute approximate surface area is 137 Å². The summed E-state index contributed by atoms with van der Waals surface area (Å²) in [5.74, 6) is 1.67. The van der Waals surface area contributed by atoms with Gasteiger partial charge in [-0.3, -0.25) is 4.90 Å². The van der Waals surface area contributed by atoms with Crippen molar-refractivity contribution in [1.29, 1.82) is 0 Å². The van der Waals surface area contributed by atoms with Crippen molar-refractivity contribution in [2.45, 2.75) is 32.2 Å². The van der Waals surface area contributed by atoms with Crippen LogP contribution in [0.15, 0.2) is 48.5 Å². The topological polar surface area (TPSA) is 31.9 Å². The normalized spacial score (nSPS) is 19.3. The van der Waals surface area contributed by atoms with Crippen LogP contribution in [-0.4, -0.2) is 28.0 Å². The molecule has 0 aliphatic carbocycles. The Kier molecular flexibility index (Phi) is 3.88. The third-order valence-corrected chi connectivity index (χ3v) is 4.79. The second kappa shape index (κ2) is 6.17. The molecule has 0 spiro atoms. The van der Waals surface area contributed by atoms with Gasteiger partial charge in [-0.2, -0.15) is 0 Å². The van der Waals surface area contributed by atoms with Gasteiger partial charge in [-0.1, -0.05) is 42.0 Å². The molecule has 1 aliphatic rings. The van der Waals surface area contributed by atoms with E-state index in [0.29, 0.717) is 5.92 Å². The fourth-order valence-corrected chi connectivity index (χ4v) is 3.66. The lowest BCUT2D eigenvalue weighted by Gasteiger charge is -2.31. The number of nitrogens with one attached hydrogen (secondary N) is 1. The van der Waals surface area contributed by atoms with E-state index >= 15 is 0 Å². The molecule has 1 aliphatic heterocycles. The van der Waals surface area contributed by atoms with Gasteiger partial charge in [0.1, 0.15) is 5.82 Å². The Morgan fingerprint density at radius 2 is 2.09 bits per heavy atom. The first-order valence-corrected chi connectivity index (χ1v) is 8.50. The van der Waals surface area contributed by atoms with Gasteiger partial charge in [0.15, 0.2) is 0 Å². The predicted molar refractivity (Wildman–Crippen MR) is 94.5 cm³/mol. The Bertz CT molecular complexity index is 772. The number of H-pyrrole nitrogens is 1. The highest BCUT2D eigenvalue weighted by molar-refractivity contribution is 5.74. The number of aryl methyl sites for hydroxylation is 1. The zero-order valence-corrected chi connectivity index (χ0v) is 13.6. The summed E-state index contributed by atoms with van der Waals surface area (Å²) in [5.41, 5.74) is 4.99. The fraction of sp³-hybridized carbons (Fsp3) is 0.350. The maximum Gasteiger partial charge on any atom is 0.111 e. The standard InChI is InChI=1S/C20H23N3/c1-15-6-4-7-16(12-15)13-23-11-5-8-17(14-23)20-21-18-9-2-3-10-19(18)22-20/h2-4,6-7,9-10,12,17H,5,8,11,13-14H2,1H3,(H,21,22). The molecule has 3 aromatic rings. The van der Waals surface area contributed by atoms with Crippen LogP contribution in [0.4, 0.5) is 0 Å². The van der Waals surface area contributed by atoms with Crippen LogP contribution in [0.1, 0.15) is 35.7 Å². The second-order valence-electron chi connectivity index (χ2n) is 6.70. The van der Waals surface area contributed by atoms with E-state index in [0.717, 1.165) is 29.9 Å². The van der Waals surface area contributed by atoms with Crippen LogP contribution in [-0.2, 0) is 6.54 Å². The minimum Gasteiger partial charge on any atom is -0.342 e. The number of fused-ring (bicyclic) bond motifs is 1. The third kappa shape index (κ3) is 3.15. The number of nitrogens with zero attached hydrogens (tertiary/aromatic N) is 2. The Morgan fingerprint density at radius 3 is 2.96 bits per heavy atom. The number of imidazole rings is 1. The Balaban J connectivity index is 1.50. The van der Waals surface area contributed by atoms with Gasteiger partial charge in [0.2, 0.25) is 0 Å². The SMILES string of the molecule is Cc1cccc(CN2CCCC(c3nc4ccccc4[nH]3)C2)c1. The number of hydrogen-bond donors (Lipinski definition) is 1. The lowest BCUT2D eigenvalue weighted by Crippen LogP contribution is -2.34. The largest absolute Gasteiger partial charge is 0.342 e. The summed E-state index contributed by atoms with van der Waals surface area (Å²) in [7, 11) is 0. The van der Waals surface area contributed by atoms with Gasteiger partial charge in [-0.15, -0.1) is 0 Å². The summed E-state index contributed by atoms with van der Waals surface area (Å²) in [6, 6.07) is 17.2. The molecule has 1 saturated heterocycles. The maximum absolute atomic E-state index is 4.81. The average Bonchev–Trinajstić information content (AvgIpc) is 2.99. The molecule has 1 unspecified atom stereocenters. The highest BCUT2D eigenvalue weighted by Crippen LogP contribution is 2.27. The van der Waals surface area contributed by atoms with Crippen molar-refractivity contribution < 1.29 is 0 Å². The molecule has 2 aromatic carbocycles. The van der Waals surface area contributed by atoms with Crippen LogP contribution in [0.25, 0.3) is 11.0 Å². The van der Waals surface area contributed by atoms with E-state index in [1.165, 1.54) is 30.5 Å². The van der Waals surface area contributed by atoms with Gasteiger partial charge < -0.3 is 4.98 Å². The zero-order valence-electron chi connectivity index (χ0n) is 13.6. The molecular weight excluding hydrogens is 282 g/mol. The molecule has 1 fully saturated rings. The molecule has 0 saturated carbocycles. The lowest BCUT2D eigenvalue weighted by molar-refractivity contribution is 0.197. The summed E-state index contributed by atoms with van der Waals surface area (Å²) in [6.45, 7) is 5.48. The molecule has 1 atom stereocenters. The number of piperidine rings is 1. The van der Waals surface area contributed by atoms with E-state index in [1.54, 1.807) is 0 Å². The van der Waals surface area contributed by atoms with Crippen molar-refractivity contribution in [2.75, 3.05) is 13.1 Å². The van der Waals surface area contributed by atoms with Crippen molar-refractivity contribution in [3.63, 3.8) is 0 Å². The molecular formula is C20H23N3. The highest BCUT2D eigenvalue weighted by Gasteiger charge is 2.23. The number of rotatable bonds is 3. The number of aromatic amines is 1. The smallest absolute Gasteiger partial charge is 0.111 e. The molecule has 0 bridgehead atoms. The second-order valence-corrected chi connectivity index (χ2v) is 6.70.